The molecule has 2 N–H and O–H groups in total. The summed E-state index contributed by atoms with van der Waals surface area (Å²) in [6.07, 6.45) is 1.33. The summed E-state index contributed by atoms with van der Waals surface area (Å²) in [6.45, 7) is 6.71. The van der Waals surface area contributed by atoms with E-state index in [0.29, 0.717) is 19.5 Å². The molecule has 1 aliphatic heterocycles. The highest BCUT2D eigenvalue weighted by Crippen LogP contribution is 2.26. The van der Waals surface area contributed by atoms with Crippen LogP contribution < -0.4 is 15.5 Å². The lowest BCUT2D eigenvalue weighted by atomic mass is 10.0. The van der Waals surface area contributed by atoms with Crippen molar-refractivity contribution in [1.82, 2.24) is 10.6 Å². The summed E-state index contributed by atoms with van der Waals surface area (Å²) in [4.78, 5) is 25.5. The van der Waals surface area contributed by atoms with E-state index in [1.807, 2.05) is 39.0 Å². The second-order valence-electron chi connectivity index (χ2n) is 6.30. The monoisotopic (exact) mass is 289 g/mol. The van der Waals surface area contributed by atoms with Gasteiger partial charge in [-0.2, -0.15) is 0 Å². The average molecular weight is 289 g/mol. The van der Waals surface area contributed by atoms with Gasteiger partial charge in [0.15, 0.2) is 0 Å². The summed E-state index contributed by atoms with van der Waals surface area (Å²) >= 11 is 0. The van der Waals surface area contributed by atoms with E-state index in [4.69, 9.17) is 0 Å². The Morgan fingerprint density at radius 2 is 1.95 bits per heavy atom. The van der Waals surface area contributed by atoms with Crippen LogP contribution in [0.5, 0.6) is 0 Å². The summed E-state index contributed by atoms with van der Waals surface area (Å²) in [7, 11) is 0. The van der Waals surface area contributed by atoms with Gasteiger partial charge in [-0.3, -0.25) is 4.79 Å². The van der Waals surface area contributed by atoms with Crippen LogP contribution in [0.4, 0.5) is 10.5 Å². The first-order valence-electron chi connectivity index (χ1n) is 7.31. The third-order valence-corrected chi connectivity index (χ3v) is 3.30. The van der Waals surface area contributed by atoms with Gasteiger partial charge in [-0.15, -0.1) is 0 Å². The van der Waals surface area contributed by atoms with Crippen molar-refractivity contribution in [3.8, 4) is 0 Å². The standard InChI is InChI=1S/C16H23N3O2/c1-16(2,3)18-15(21)17-10-11-19-13-7-5-4-6-12(13)8-9-14(19)20/h4-7H,8-11H2,1-3H3,(H2,17,18,21). The molecule has 5 heteroatoms. The average Bonchev–Trinajstić information content (AvgIpc) is 2.39. The lowest BCUT2D eigenvalue weighted by molar-refractivity contribution is -0.118. The molecule has 0 unspecified atom stereocenters. The second kappa shape index (κ2) is 6.16. The molecule has 0 saturated heterocycles. The molecule has 0 bridgehead atoms. The molecule has 5 nitrogen and oxygen atoms in total. The van der Waals surface area contributed by atoms with Crippen LogP contribution in [0.1, 0.15) is 32.8 Å². The van der Waals surface area contributed by atoms with Crippen molar-refractivity contribution < 1.29 is 9.59 Å². The molecule has 0 aromatic heterocycles. The molecule has 1 heterocycles. The number of hydrogen-bond acceptors (Lipinski definition) is 2. The molecule has 3 amide bonds. The van der Waals surface area contributed by atoms with E-state index in [-0.39, 0.29) is 17.5 Å². The van der Waals surface area contributed by atoms with Gasteiger partial charge in [-0.1, -0.05) is 18.2 Å². The van der Waals surface area contributed by atoms with E-state index < -0.39 is 0 Å². The lowest BCUT2D eigenvalue weighted by Gasteiger charge is -2.29. The number of nitrogens with zero attached hydrogens (tertiary/aromatic N) is 1. The van der Waals surface area contributed by atoms with Crippen molar-refractivity contribution in [3.05, 3.63) is 29.8 Å². The highest BCUT2D eigenvalue weighted by molar-refractivity contribution is 5.96. The topological polar surface area (TPSA) is 61.4 Å². The molecule has 0 atom stereocenters. The van der Waals surface area contributed by atoms with Gasteiger partial charge in [-0.05, 0) is 38.8 Å². The fraction of sp³-hybridized carbons (Fsp3) is 0.500. The normalized spacial score (nSPS) is 14.6. The van der Waals surface area contributed by atoms with Crippen molar-refractivity contribution in [2.45, 2.75) is 39.2 Å². The van der Waals surface area contributed by atoms with Crippen molar-refractivity contribution >= 4 is 17.6 Å². The number of hydrogen-bond donors (Lipinski definition) is 2. The predicted octanol–water partition coefficient (Wildman–Crippen LogP) is 2.06. The first kappa shape index (κ1) is 15.4. The third-order valence-electron chi connectivity index (χ3n) is 3.30. The first-order valence-corrected chi connectivity index (χ1v) is 7.31. The fourth-order valence-electron chi connectivity index (χ4n) is 2.41. The van der Waals surface area contributed by atoms with Gasteiger partial charge in [0, 0.05) is 30.7 Å². The van der Waals surface area contributed by atoms with Gasteiger partial charge in [0.2, 0.25) is 5.91 Å². The Hall–Kier alpha value is -2.04. The number of urea groups is 1. The summed E-state index contributed by atoms with van der Waals surface area (Å²) < 4.78 is 0. The molecule has 0 aliphatic carbocycles. The Morgan fingerprint density at radius 1 is 1.24 bits per heavy atom. The van der Waals surface area contributed by atoms with Crippen molar-refractivity contribution in [3.63, 3.8) is 0 Å². The number of carbonyl (C=O) groups excluding carboxylic acids is 2. The molecule has 1 aromatic rings. The van der Waals surface area contributed by atoms with Gasteiger partial charge < -0.3 is 15.5 Å². The van der Waals surface area contributed by atoms with Crippen LogP contribution >= 0.6 is 0 Å². The molecule has 1 aliphatic rings. The van der Waals surface area contributed by atoms with Crippen LogP contribution in [0.15, 0.2) is 24.3 Å². The SMILES string of the molecule is CC(C)(C)NC(=O)NCCN1C(=O)CCc2ccccc21. The van der Waals surface area contributed by atoms with Gasteiger partial charge in [0.25, 0.3) is 0 Å². The van der Waals surface area contributed by atoms with Crippen LogP contribution in [0.3, 0.4) is 0 Å². The number of benzene rings is 1. The number of nitrogens with one attached hydrogen (secondary N) is 2. The van der Waals surface area contributed by atoms with Crippen molar-refractivity contribution in [2.24, 2.45) is 0 Å². The molecular formula is C16H23N3O2. The zero-order valence-electron chi connectivity index (χ0n) is 12.9. The van der Waals surface area contributed by atoms with Crippen LogP contribution in [-0.2, 0) is 11.2 Å². The molecule has 0 spiro atoms. The highest BCUT2D eigenvalue weighted by Gasteiger charge is 2.23. The Labute approximate surface area is 125 Å². The minimum Gasteiger partial charge on any atom is -0.336 e. The number of anilines is 1. The lowest BCUT2D eigenvalue weighted by Crippen LogP contribution is -2.48. The van der Waals surface area contributed by atoms with E-state index in [0.717, 1.165) is 12.1 Å². The summed E-state index contributed by atoms with van der Waals surface area (Å²) in [6, 6.07) is 7.72. The van der Waals surface area contributed by atoms with Crippen LogP contribution in [0, 0.1) is 0 Å². The van der Waals surface area contributed by atoms with Crippen molar-refractivity contribution in [2.75, 3.05) is 18.0 Å². The zero-order valence-corrected chi connectivity index (χ0v) is 12.9. The molecule has 1 aromatic carbocycles. The predicted molar refractivity (Wildman–Crippen MR) is 83.4 cm³/mol. The molecule has 0 saturated carbocycles. The number of fused-ring (bicyclic) bond motifs is 1. The largest absolute Gasteiger partial charge is 0.336 e. The van der Waals surface area contributed by atoms with Crippen LogP contribution in [0.2, 0.25) is 0 Å². The third kappa shape index (κ3) is 4.21. The van der Waals surface area contributed by atoms with E-state index in [2.05, 4.69) is 16.7 Å². The number of rotatable bonds is 3. The maximum atomic E-state index is 12.1. The number of carbonyl (C=O) groups is 2. The van der Waals surface area contributed by atoms with E-state index in [1.54, 1.807) is 4.90 Å². The molecule has 114 valence electrons. The minimum absolute atomic E-state index is 0.117. The molecule has 0 radical (unpaired) electrons. The Morgan fingerprint density at radius 3 is 2.67 bits per heavy atom. The summed E-state index contributed by atoms with van der Waals surface area (Å²) in [5, 5.41) is 5.63. The van der Waals surface area contributed by atoms with Crippen LogP contribution in [-0.4, -0.2) is 30.6 Å². The number of para-hydroxylation sites is 1. The number of amides is 3. The maximum Gasteiger partial charge on any atom is 0.315 e. The van der Waals surface area contributed by atoms with E-state index in [1.165, 1.54) is 5.56 Å². The maximum absolute atomic E-state index is 12.1. The minimum atomic E-state index is -0.266. The highest BCUT2D eigenvalue weighted by atomic mass is 16.2. The summed E-state index contributed by atoms with van der Waals surface area (Å²) in [5.41, 5.74) is 1.89. The zero-order chi connectivity index (χ0) is 15.5. The van der Waals surface area contributed by atoms with Crippen molar-refractivity contribution in [1.29, 1.82) is 0 Å². The fourth-order valence-corrected chi connectivity index (χ4v) is 2.41. The van der Waals surface area contributed by atoms with E-state index >= 15 is 0 Å². The van der Waals surface area contributed by atoms with Gasteiger partial charge in [0.05, 0.1) is 0 Å². The number of aryl methyl sites for hydroxylation is 1. The Kier molecular flexibility index (Phi) is 4.50. The Bertz CT molecular complexity index is 535. The van der Waals surface area contributed by atoms with Gasteiger partial charge >= 0.3 is 6.03 Å². The van der Waals surface area contributed by atoms with Gasteiger partial charge in [-0.25, -0.2) is 4.79 Å². The smallest absolute Gasteiger partial charge is 0.315 e. The Balaban J connectivity index is 1.91. The first-order chi connectivity index (χ1) is 9.87. The van der Waals surface area contributed by atoms with Crippen LogP contribution in [0.25, 0.3) is 0 Å². The molecule has 0 fully saturated rings. The quantitative estimate of drug-likeness (QED) is 0.895. The molecular weight excluding hydrogens is 266 g/mol. The molecule has 2 rings (SSSR count). The van der Waals surface area contributed by atoms with E-state index in [9.17, 15) is 9.59 Å². The summed E-state index contributed by atoms with van der Waals surface area (Å²) in [5.74, 6) is 0.117. The molecule has 21 heavy (non-hydrogen) atoms. The second-order valence-corrected chi connectivity index (χ2v) is 6.30. The van der Waals surface area contributed by atoms with Gasteiger partial charge in [0.1, 0.15) is 0 Å².